The number of rotatable bonds is 13. The molecule has 0 aliphatic carbocycles. The Morgan fingerprint density at radius 1 is 1.25 bits per heavy atom. The Bertz CT molecular complexity index is 715. The molecule has 1 amide bonds. The molecule has 1 fully saturated rings. The summed E-state index contributed by atoms with van der Waals surface area (Å²) in [6, 6.07) is 7.18. The highest BCUT2D eigenvalue weighted by molar-refractivity contribution is 5.78. The number of carbonyl (C=O) groups excluding carboxylic acids is 1. The maximum atomic E-state index is 13.3. The third-order valence-corrected chi connectivity index (χ3v) is 7.23. The Kier molecular flexibility index (Phi) is 9.86. The van der Waals surface area contributed by atoms with E-state index in [1.165, 1.54) is 24.0 Å². The molecule has 1 saturated heterocycles. The van der Waals surface area contributed by atoms with Gasteiger partial charge in [-0.1, -0.05) is 52.2 Å². The fraction of sp³-hybridized carbons (Fsp3) is 0.741. The first-order valence-electron chi connectivity index (χ1n) is 12.9. The van der Waals surface area contributed by atoms with E-state index in [9.17, 15) is 9.90 Å². The predicted octanol–water partition coefficient (Wildman–Crippen LogP) is 4.62. The Morgan fingerprint density at radius 2 is 2.06 bits per heavy atom. The van der Waals surface area contributed by atoms with Crippen LogP contribution in [0, 0.1) is 5.92 Å². The summed E-state index contributed by atoms with van der Waals surface area (Å²) in [5, 5.41) is 9.27. The molecule has 5 heteroatoms. The second kappa shape index (κ2) is 12.6. The van der Waals surface area contributed by atoms with Crippen LogP contribution in [0.3, 0.4) is 0 Å². The van der Waals surface area contributed by atoms with Crippen molar-refractivity contribution in [2.45, 2.75) is 84.1 Å². The molecule has 0 saturated carbocycles. The van der Waals surface area contributed by atoms with Crippen LogP contribution in [-0.2, 0) is 11.2 Å². The van der Waals surface area contributed by atoms with Crippen LogP contribution < -0.4 is 4.74 Å². The average Bonchev–Trinajstić information content (AvgIpc) is 3.40. The largest absolute Gasteiger partial charge is 0.493 e. The molecule has 5 nitrogen and oxygen atoms in total. The number of aliphatic hydroxyl groups excluding tert-OH is 1. The number of benzene rings is 1. The zero-order valence-electron chi connectivity index (χ0n) is 20.5. The SMILES string of the molecule is CCCCN(CCCO)C(=O)CN1C[C@H](c2ccc3c(c2)CCO3)C[C@@H]1C[C@H](C)CCC. The number of nitrogens with zero attached hydrogens (tertiary/aromatic N) is 2. The first kappa shape index (κ1) is 25.0. The van der Waals surface area contributed by atoms with E-state index in [4.69, 9.17) is 4.74 Å². The molecule has 2 aliphatic heterocycles. The van der Waals surface area contributed by atoms with Crippen molar-refractivity contribution in [3.8, 4) is 5.75 Å². The third-order valence-electron chi connectivity index (χ3n) is 7.23. The number of likely N-dealkylation sites (tertiary alicyclic amines) is 1. The average molecular weight is 445 g/mol. The van der Waals surface area contributed by atoms with Gasteiger partial charge in [-0.15, -0.1) is 0 Å². The lowest BCUT2D eigenvalue weighted by molar-refractivity contribution is -0.133. The quantitative estimate of drug-likeness (QED) is 0.482. The molecule has 180 valence electrons. The van der Waals surface area contributed by atoms with Crippen molar-refractivity contribution in [3.63, 3.8) is 0 Å². The second-order valence-corrected chi connectivity index (χ2v) is 9.92. The summed E-state index contributed by atoms with van der Waals surface area (Å²) in [5.41, 5.74) is 2.74. The second-order valence-electron chi connectivity index (χ2n) is 9.92. The molecule has 2 aliphatic rings. The van der Waals surface area contributed by atoms with Crippen LogP contribution in [0.2, 0.25) is 0 Å². The van der Waals surface area contributed by atoms with Crippen molar-refractivity contribution in [2.75, 3.05) is 39.4 Å². The van der Waals surface area contributed by atoms with Gasteiger partial charge in [0, 0.05) is 38.7 Å². The van der Waals surface area contributed by atoms with Gasteiger partial charge in [0.2, 0.25) is 5.91 Å². The van der Waals surface area contributed by atoms with Crippen LogP contribution in [0.4, 0.5) is 0 Å². The minimum absolute atomic E-state index is 0.140. The van der Waals surface area contributed by atoms with E-state index >= 15 is 0 Å². The third kappa shape index (κ3) is 6.71. The highest BCUT2D eigenvalue weighted by atomic mass is 16.5. The molecular formula is C27H44N2O3. The van der Waals surface area contributed by atoms with Crippen LogP contribution in [0.5, 0.6) is 5.75 Å². The van der Waals surface area contributed by atoms with Crippen LogP contribution in [-0.4, -0.2) is 66.2 Å². The van der Waals surface area contributed by atoms with E-state index in [0.29, 0.717) is 37.4 Å². The zero-order valence-corrected chi connectivity index (χ0v) is 20.5. The number of hydrogen-bond acceptors (Lipinski definition) is 4. The number of unbranched alkanes of at least 4 members (excludes halogenated alkanes) is 1. The molecule has 0 bridgehead atoms. The molecule has 3 atom stereocenters. The van der Waals surface area contributed by atoms with Gasteiger partial charge in [-0.25, -0.2) is 0 Å². The Labute approximate surface area is 195 Å². The Morgan fingerprint density at radius 3 is 2.81 bits per heavy atom. The standard InChI is InChI=1S/C27H44N2O3/c1-4-6-12-28(13-7-14-30)27(31)20-29-19-24(18-25(29)16-21(3)8-5-2)22-9-10-26-23(17-22)11-15-32-26/h9-10,17,21,24-25,30H,4-8,11-16,18-20H2,1-3H3/t21-,24-,25+/m1/s1. The normalized spacial score (nSPS) is 21.4. The summed E-state index contributed by atoms with van der Waals surface area (Å²) in [4.78, 5) is 17.7. The van der Waals surface area contributed by atoms with Gasteiger partial charge in [-0.05, 0) is 54.7 Å². The molecule has 0 unspecified atom stereocenters. The summed E-state index contributed by atoms with van der Waals surface area (Å²) >= 11 is 0. The maximum Gasteiger partial charge on any atom is 0.236 e. The predicted molar refractivity (Wildman–Crippen MR) is 130 cm³/mol. The summed E-state index contributed by atoms with van der Waals surface area (Å²) in [7, 11) is 0. The van der Waals surface area contributed by atoms with Gasteiger partial charge < -0.3 is 14.7 Å². The molecular weight excluding hydrogens is 400 g/mol. The number of aliphatic hydroxyl groups is 1. The smallest absolute Gasteiger partial charge is 0.236 e. The van der Waals surface area contributed by atoms with E-state index in [1.807, 2.05) is 4.90 Å². The fourth-order valence-corrected chi connectivity index (χ4v) is 5.45. The van der Waals surface area contributed by atoms with Crippen molar-refractivity contribution in [1.82, 2.24) is 9.80 Å². The van der Waals surface area contributed by atoms with Crippen LogP contribution >= 0.6 is 0 Å². The highest BCUT2D eigenvalue weighted by Gasteiger charge is 2.35. The molecule has 0 aromatic heterocycles. The van der Waals surface area contributed by atoms with E-state index in [0.717, 1.165) is 57.6 Å². The Hall–Kier alpha value is -1.59. The van der Waals surface area contributed by atoms with Crippen molar-refractivity contribution in [2.24, 2.45) is 5.92 Å². The monoisotopic (exact) mass is 444 g/mol. The maximum absolute atomic E-state index is 13.3. The van der Waals surface area contributed by atoms with E-state index < -0.39 is 0 Å². The molecule has 0 spiro atoms. The lowest BCUT2D eigenvalue weighted by Gasteiger charge is -2.29. The molecule has 32 heavy (non-hydrogen) atoms. The Balaban J connectivity index is 1.70. The number of amides is 1. The fourth-order valence-electron chi connectivity index (χ4n) is 5.45. The number of carbonyl (C=O) groups is 1. The lowest BCUT2D eigenvalue weighted by Crippen LogP contribution is -2.43. The summed E-state index contributed by atoms with van der Waals surface area (Å²) in [6.07, 6.45) is 8.52. The van der Waals surface area contributed by atoms with E-state index in [1.54, 1.807) is 0 Å². The lowest BCUT2D eigenvalue weighted by atomic mass is 9.90. The summed E-state index contributed by atoms with van der Waals surface area (Å²) in [5.74, 6) is 2.43. The van der Waals surface area contributed by atoms with Gasteiger partial charge >= 0.3 is 0 Å². The zero-order chi connectivity index (χ0) is 22.9. The summed E-state index contributed by atoms with van der Waals surface area (Å²) < 4.78 is 5.70. The van der Waals surface area contributed by atoms with Crippen molar-refractivity contribution < 1.29 is 14.6 Å². The molecule has 2 heterocycles. The summed E-state index contributed by atoms with van der Waals surface area (Å²) in [6.45, 7) is 10.6. The minimum Gasteiger partial charge on any atom is -0.493 e. The van der Waals surface area contributed by atoms with Gasteiger partial charge in [0.25, 0.3) is 0 Å². The number of hydrogen-bond donors (Lipinski definition) is 1. The number of fused-ring (bicyclic) bond motifs is 1. The molecule has 3 rings (SSSR count). The van der Waals surface area contributed by atoms with E-state index in [2.05, 4.69) is 43.9 Å². The van der Waals surface area contributed by atoms with Crippen molar-refractivity contribution >= 4 is 5.91 Å². The molecule has 1 aromatic rings. The van der Waals surface area contributed by atoms with Gasteiger partial charge in [-0.2, -0.15) is 0 Å². The van der Waals surface area contributed by atoms with Crippen LogP contribution in [0.1, 0.15) is 82.8 Å². The van der Waals surface area contributed by atoms with E-state index in [-0.39, 0.29) is 12.5 Å². The highest BCUT2D eigenvalue weighted by Crippen LogP contribution is 2.37. The first-order chi connectivity index (χ1) is 15.5. The van der Waals surface area contributed by atoms with Gasteiger partial charge in [0.1, 0.15) is 5.75 Å². The number of ether oxygens (including phenoxy) is 1. The van der Waals surface area contributed by atoms with Gasteiger partial charge in [0.15, 0.2) is 0 Å². The molecule has 0 radical (unpaired) electrons. The van der Waals surface area contributed by atoms with Gasteiger partial charge in [0.05, 0.1) is 13.2 Å². The van der Waals surface area contributed by atoms with Crippen LogP contribution in [0.15, 0.2) is 18.2 Å². The molecule has 1 aromatic carbocycles. The first-order valence-corrected chi connectivity index (χ1v) is 12.9. The van der Waals surface area contributed by atoms with Crippen molar-refractivity contribution in [1.29, 1.82) is 0 Å². The van der Waals surface area contributed by atoms with Crippen molar-refractivity contribution in [3.05, 3.63) is 29.3 Å². The van der Waals surface area contributed by atoms with Crippen LogP contribution in [0.25, 0.3) is 0 Å². The molecule has 1 N–H and O–H groups in total. The topological polar surface area (TPSA) is 53.0 Å². The van der Waals surface area contributed by atoms with Gasteiger partial charge in [-0.3, -0.25) is 9.69 Å². The minimum atomic E-state index is 0.140.